The Morgan fingerprint density at radius 3 is 2.50 bits per heavy atom. The first kappa shape index (κ1) is 7.07. The van der Waals surface area contributed by atoms with Gasteiger partial charge in [0.2, 0.25) is 0 Å². The Bertz CT molecular complexity index is 222. The van der Waals surface area contributed by atoms with Gasteiger partial charge in [0.15, 0.2) is 0 Å². The highest BCUT2D eigenvalue weighted by Crippen LogP contribution is 2.05. The lowest BCUT2D eigenvalue weighted by Gasteiger charge is -1.94. The van der Waals surface area contributed by atoms with Gasteiger partial charge in [-0.2, -0.15) is 0 Å². The zero-order chi connectivity index (χ0) is 7.40. The maximum atomic E-state index is 2.17. The van der Waals surface area contributed by atoms with Crippen LogP contribution in [0.2, 0.25) is 0 Å². The van der Waals surface area contributed by atoms with Crippen molar-refractivity contribution in [3.63, 3.8) is 0 Å². The molecule has 52 valence electrons. The van der Waals surface area contributed by atoms with Crippen LogP contribution in [0.25, 0.3) is 0 Å². The Morgan fingerprint density at radius 1 is 0.900 bits per heavy atom. The molecule has 0 unspecified atom stereocenters. The van der Waals surface area contributed by atoms with Crippen molar-refractivity contribution in [3.8, 4) is 0 Å². The van der Waals surface area contributed by atoms with E-state index in [1.807, 2.05) is 6.08 Å². The average Bonchev–Trinajstić information content (AvgIpc) is 1.83. The summed E-state index contributed by atoms with van der Waals surface area (Å²) >= 11 is 0. The molecule has 0 aliphatic heterocycles. The van der Waals surface area contributed by atoms with Gasteiger partial charge in [-0.25, -0.2) is 0 Å². The molecule has 0 aromatic heterocycles. The first-order chi connectivity index (χ1) is 4.79. The maximum Gasteiger partial charge on any atom is -0.0398 e. The largest absolute Gasteiger partial charge is 0.0622 e. The molecular weight excluding hydrogens is 120 g/mol. The van der Waals surface area contributed by atoms with Gasteiger partial charge in [-0.05, 0) is 13.8 Å². The van der Waals surface area contributed by atoms with Gasteiger partial charge in [-0.15, -0.1) is 0 Å². The zero-order valence-electron chi connectivity index (χ0n) is 6.46. The normalized spacial score (nSPS) is 17.4. The molecule has 0 nitrogen and oxygen atoms in total. The van der Waals surface area contributed by atoms with Crippen molar-refractivity contribution < 1.29 is 0 Å². The van der Waals surface area contributed by atoms with Crippen molar-refractivity contribution in [2.45, 2.75) is 13.8 Å². The van der Waals surface area contributed by atoms with Gasteiger partial charge in [0, 0.05) is 0 Å². The minimum absolute atomic E-state index is 1.30. The topological polar surface area (TPSA) is 0 Å². The van der Waals surface area contributed by atoms with E-state index in [0.717, 1.165) is 0 Å². The molecule has 0 heteroatoms. The lowest BCUT2D eigenvalue weighted by Crippen LogP contribution is -1.74. The second-order valence-corrected chi connectivity index (χ2v) is 2.54. The first-order valence-corrected chi connectivity index (χ1v) is 3.49. The fourth-order valence-corrected chi connectivity index (χ4v) is 0.934. The molecule has 0 amide bonds. The fraction of sp³-hybridized carbons (Fsp3) is 0.200. The van der Waals surface area contributed by atoms with E-state index in [1.54, 1.807) is 0 Å². The van der Waals surface area contributed by atoms with Crippen LogP contribution in [0.1, 0.15) is 13.8 Å². The van der Waals surface area contributed by atoms with Crippen LogP contribution in [0.3, 0.4) is 0 Å². The standard InChI is InChI=1S/C10H12/c1-9-6-4-3-5-7-10(2)8-9/h3-8H,1-2H3. The van der Waals surface area contributed by atoms with Crippen LogP contribution >= 0.6 is 0 Å². The van der Waals surface area contributed by atoms with E-state index in [2.05, 4.69) is 44.2 Å². The predicted molar refractivity (Wildman–Crippen MR) is 45.8 cm³/mol. The average molecular weight is 132 g/mol. The van der Waals surface area contributed by atoms with E-state index in [-0.39, 0.29) is 0 Å². The highest BCUT2D eigenvalue weighted by atomic mass is 13.9. The van der Waals surface area contributed by atoms with Gasteiger partial charge >= 0.3 is 0 Å². The van der Waals surface area contributed by atoms with Crippen LogP contribution in [0.5, 0.6) is 0 Å². The van der Waals surface area contributed by atoms with E-state index in [0.29, 0.717) is 0 Å². The van der Waals surface area contributed by atoms with E-state index < -0.39 is 0 Å². The quantitative estimate of drug-likeness (QED) is 0.475. The second-order valence-electron chi connectivity index (χ2n) is 2.54. The molecule has 0 aromatic carbocycles. The van der Waals surface area contributed by atoms with E-state index in [4.69, 9.17) is 0 Å². The molecule has 10 heavy (non-hydrogen) atoms. The third-order valence-electron chi connectivity index (χ3n) is 1.40. The summed E-state index contributed by atoms with van der Waals surface area (Å²) in [7, 11) is 0. The molecule has 0 fully saturated rings. The van der Waals surface area contributed by atoms with E-state index in [9.17, 15) is 0 Å². The van der Waals surface area contributed by atoms with Crippen LogP contribution < -0.4 is 0 Å². The van der Waals surface area contributed by atoms with Crippen LogP contribution in [-0.4, -0.2) is 0 Å². The zero-order valence-corrected chi connectivity index (χ0v) is 6.46. The molecule has 0 N–H and O–H groups in total. The summed E-state index contributed by atoms with van der Waals surface area (Å²) < 4.78 is 0. The van der Waals surface area contributed by atoms with Crippen molar-refractivity contribution in [2.24, 2.45) is 0 Å². The Hall–Kier alpha value is -1.04. The van der Waals surface area contributed by atoms with Gasteiger partial charge in [0.05, 0.1) is 0 Å². The summed E-state index contributed by atoms with van der Waals surface area (Å²) in [6, 6.07) is 0. The van der Waals surface area contributed by atoms with Crippen molar-refractivity contribution in [1.29, 1.82) is 0 Å². The number of rotatable bonds is 0. The Balaban J connectivity index is 2.89. The van der Waals surface area contributed by atoms with Crippen LogP contribution in [-0.2, 0) is 0 Å². The molecule has 0 saturated carbocycles. The molecule has 0 atom stereocenters. The lowest BCUT2D eigenvalue weighted by atomic mass is 10.1. The minimum atomic E-state index is 1.30. The Morgan fingerprint density at radius 2 is 1.70 bits per heavy atom. The summed E-state index contributed by atoms with van der Waals surface area (Å²) in [5.74, 6) is 0. The minimum Gasteiger partial charge on any atom is -0.0622 e. The molecule has 0 heterocycles. The molecule has 1 rings (SSSR count). The van der Waals surface area contributed by atoms with Crippen molar-refractivity contribution in [2.75, 3.05) is 0 Å². The van der Waals surface area contributed by atoms with Gasteiger partial charge < -0.3 is 0 Å². The van der Waals surface area contributed by atoms with E-state index in [1.165, 1.54) is 11.1 Å². The summed E-state index contributed by atoms with van der Waals surface area (Å²) in [6.45, 7) is 4.21. The van der Waals surface area contributed by atoms with Crippen LogP contribution in [0.15, 0.2) is 47.6 Å². The number of hydrogen-bond donors (Lipinski definition) is 0. The lowest BCUT2D eigenvalue weighted by molar-refractivity contribution is 1.42. The summed E-state index contributed by atoms with van der Waals surface area (Å²) in [4.78, 5) is 0. The van der Waals surface area contributed by atoms with Crippen LogP contribution in [0, 0.1) is 0 Å². The summed E-state index contributed by atoms with van der Waals surface area (Å²) in [5, 5.41) is 0. The van der Waals surface area contributed by atoms with Crippen molar-refractivity contribution in [3.05, 3.63) is 47.6 Å². The fourth-order valence-electron chi connectivity index (χ4n) is 0.934. The molecule has 0 saturated heterocycles. The Labute approximate surface area is 62.3 Å². The SMILES string of the molecule is CC1=CC=CC=CC(C)=C1. The molecular formula is C10H12. The second kappa shape index (κ2) is 3.21. The monoisotopic (exact) mass is 132 g/mol. The molecule has 1 aliphatic carbocycles. The highest BCUT2D eigenvalue weighted by Gasteiger charge is 1.84. The van der Waals surface area contributed by atoms with Crippen LogP contribution in [0.4, 0.5) is 0 Å². The third-order valence-corrected chi connectivity index (χ3v) is 1.40. The van der Waals surface area contributed by atoms with Crippen molar-refractivity contribution in [1.82, 2.24) is 0 Å². The van der Waals surface area contributed by atoms with Gasteiger partial charge in [0.25, 0.3) is 0 Å². The molecule has 0 radical (unpaired) electrons. The third kappa shape index (κ3) is 2.06. The predicted octanol–water partition coefficient (Wildman–Crippen LogP) is 3.01. The highest BCUT2D eigenvalue weighted by molar-refractivity contribution is 5.34. The van der Waals surface area contributed by atoms with E-state index >= 15 is 0 Å². The number of allylic oxidation sites excluding steroid dienone is 8. The van der Waals surface area contributed by atoms with Gasteiger partial charge in [-0.1, -0.05) is 47.6 Å². The molecule has 0 bridgehead atoms. The Kier molecular flexibility index (Phi) is 2.27. The summed E-state index contributed by atoms with van der Waals surface area (Å²) in [6.07, 6.45) is 12.5. The van der Waals surface area contributed by atoms with Crippen molar-refractivity contribution >= 4 is 0 Å². The molecule has 0 spiro atoms. The summed E-state index contributed by atoms with van der Waals surface area (Å²) in [5.41, 5.74) is 2.61. The maximum absolute atomic E-state index is 2.17. The van der Waals surface area contributed by atoms with Gasteiger partial charge in [0.1, 0.15) is 0 Å². The molecule has 0 aromatic rings. The van der Waals surface area contributed by atoms with Gasteiger partial charge in [-0.3, -0.25) is 0 Å². The molecule has 1 aliphatic rings. The smallest absolute Gasteiger partial charge is 0.0398 e. The number of hydrogen-bond acceptors (Lipinski definition) is 0. The first-order valence-electron chi connectivity index (χ1n) is 3.49.